The van der Waals surface area contributed by atoms with Crippen molar-refractivity contribution in [2.45, 2.75) is 148 Å². The predicted octanol–water partition coefficient (Wildman–Crippen LogP) is 7.11. The summed E-state index contributed by atoms with van der Waals surface area (Å²) in [7, 11) is -3.97. The molecule has 1 saturated heterocycles. The fourth-order valence-corrected chi connectivity index (χ4v) is 9.98. The number of allylic oxidation sites excluding steroid dienone is 2. The number of rotatable bonds is 10. The minimum absolute atomic E-state index is 0.0552. The number of ether oxygens (including phenoxy) is 3. The first-order chi connectivity index (χ1) is 28.0. The second kappa shape index (κ2) is 17.2. The van der Waals surface area contributed by atoms with Crippen molar-refractivity contribution in [1.29, 1.82) is 0 Å². The molecule has 0 unspecified atom stereocenters. The zero-order valence-electron chi connectivity index (χ0n) is 35.3. The van der Waals surface area contributed by atoms with Gasteiger partial charge >= 0.3 is 12.1 Å². The number of amides is 2. The van der Waals surface area contributed by atoms with Crippen molar-refractivity contribution in [2.24, 2.45) is 29.1 Å². The van der Waals surface area contributed by atoms with E-state index in [-0.39, 0.29) is 54.8 Å². The van der Waals surface area contributed by atoms with Crippen LogP contribution >= 0.6 is 0 Å². The molecule has 330 valence electrons. The Balaban J connectivity index is 1.39. The van der Waals surface area contributed by atoms with Crippen molar-refractivity contribution < 1.29 is 55.0 Å². The molecular formula is C43H57F3N4O9S. The number of hydrogen-bond acceptors (Lipinski definition) is 11. The third-order valence-electron chi connectivity index (χ3n) is 11.8. The van der Waals surface area contributed by atoms with Crippen molar-refractivity contribution in [2.75, 3.05) is 6.54 Å². The second-order valence-electron chi connectivity index (χ2n) is 18.4. The molecule has 3 fully saturated rings. The SMILES string of the molecule is CC[C@@H]1C[C@H](C)CC/C=C\[C@@H]2C[C@@]2(C(=O)NS(=O)(=O)C2CC2)CC(=O)[C@@H]2C[C@@H](Oc3nc4cc(OC(C)C)ccc4nc3C(F)(F)F)CN2C(=O)[C@H]1CC(=O)OC(C)(C)C. The quantitative estimate of drug-likeness (QED) is 0.191. The lowest BCUT2D eigenvalue weighted by atomic mass is 9.79. The zero-order valence-corrected chi connectivity index (χ0v) is 36.2. The summed E-state index contributed by atoms with van der Waals surface area (Å²) in [6, 6.07) is 3.01. The highest BCUT2D eigenvalue weighted by atomic mass is 32.2. The molecule has 0 radical (unpaired) electrons. The van der Waals surface area contributed by atoms with E-state index < -0.39 is 98.0 Å². The summed E-state index contributed by atoms with van der Waals surface area (Å²) in [4.78, 5) is 66.3. The summed E-state index contributed by atoms with van der Waals surface area (Å²) in [5, 5.41) is -0.687. The lowest BCUT2D eigenvalue weighted by Gasteiger charge is -2.33. The molecule has 6 rings (SSSR count). The van der Waals surface area contributed by atoms with E-state index in [9.17, 15) is 36.0 Å². The number of benzene rings is 1. The Labute approximate surface area is 349 Å². The maximum atomic E-state index is 15.0. The van der Waals surface area contributed by atoms with Crippen LogP contribution in [0.3, 0.4) is 0 Å². The van der Waals surface area contributed by atoms with E-state index >= 15 is 4.79 Å². The van der Waals surface area contributed by atoms with Crippen LogP contribution in [0.2, 0.25) is 0 Å². The van der Waals surface area contributed by atoms with Crippen LogP contribution in [0.4, 0.5) is 13.2 Å². The van der Waals surface area contributed by atoms with Crippen LogP contribution in [0.5, 0.6) is 11.6 Å². The molecule has 2 saturated carbocycles. The molecule has 2 amide bonds. The lowest BCUT2D eigenvalue weighted by molar-refractivity contribution is -0.160. The molecule has 7 atom stereocenters. The number of carbonyl (C=O) groups is 4. The third kappa shape index (κ3) is 10.6. The fourth-order valence-electron chi connectivity index (χ4n) is 8.59. The molecule has 13 nitrogen and oxygen atoms in total. The maximum absolute atomic E-state index is 15.0. The second-order valence-corrected chi connectivity index (χ2v) is 20.3. The van der Waals surface area contributed by atoms with Gasteiger partial charge in [-0.05, 0) is 103 Å². The first-order valence-electron chi connectivity index (χ1n) is 21.0. The van der Waals surface area contributed by atoms with Gasteiger partial charge in [-0.1, -0.05) is 32.4 Å². The summed E-state index contributed by atoms with van der Waals surface area (Å²) in [5.41, 5.74) is -3.65. The van der Waals surface area contributed by atoms with Gasteiger partial charge in [-0.15, -0.1) is 0 Å². The van der Waals surface area contributed by atoms with E-state index in [2.05, 4.69) is 14.7 Å². The van der Waals surface area contributed by atoms with Gasteiger partial charge in [0.2, 0.25) is 33.4 Å². The first-order valence-corrected chi connectivity index (χ1v) is 22.5. The molecule has 0 bridgehead atoms. The smallest absolute Gasteiger partial charge is 0.438 e. The highest BCUT2D eigenvalue weighted by Crippen LogP contribution is 2.57. The van der Waals surface area contributed by atoms with Gasteiger partial charge in [-0.25, -0.2) is 18.4 Å². The largest absolute Gasteiger partial charge is 0.491 e. The standard InChI is InChI=1S/C43H57F3N4O9S/c1-8-26-17-25(4)11-9-10-12-27-21-42(27,40(54)49-60(55,56)30-14-15-30)22-35(51)34-19-29(23-50(34)39(53)31(26)20-36(52)59-41(5,6)7)58-38-37(43(44,45)46)47-32-16-13-28(57-24(2)3)18-33(32)48-38/h10,12-13,16,18,24-27,29-31,34H,8-9,11,14-15,17,19-23H2,1-7H3,(H,49,54)/b12-10-/t25-,26-,27-,29-,31+,34+,42-/m1/s1. The number of Topliss-reactive ketones (excluding diaryl/α,β-unsaturated/α-hetero) is 1. The van der Waals surface area contributed by atoms with Crippen molar-refractivity contribution in [1.82, 2.24) is 19.6 Å². The number of carbonyl (C=O) groups excluding carboxylic acids is 4. The summed E-state index contributed by atoms with van der Waals surface area (Å²) < 4.78 is 89.2. The zero-order chi connectivity index (χ0) is 43.9. The minimum Gasteiger partial charge on any atom is -0.491 e. The normalized spacial score (nSPS) is 28.6. The van der Waals surface area contributed by atoms with Crippen LogP contribution < -0.4 is 14.2 Å². The van der Waals surface area contributed by atoms with E-state index in [1.165, 1.54) is 23.1 Å². The highest BCUT2D eigenvalue weighted by Gasteiger charge is 2.62. The number of aromatic nitrogens is 2. The Morgan fingerprint density at radius 1 is 1.05 bits per heavy atom. The number of nitrogens with one attached hydrogen (secondary N) is 1. The molecule has 2 aromatic rings. The van der Waals surface area contributed by atoms with Crippen LogP contribution in [0.15, 0.2) is 30.4 Å². The van der Waals surface area contributed by atoms with Crippen LogP contribution in [0.1, 0.15) is 118 Å². The van der Waals surface area contributed by atoms with Gasteiger partial charge in [0.1, 0.15) is 17.5 Å². The maximum Gasteiger partial charge on any atom is 0.438 e. The highest BCUT2D eigenvalue weighted by molar-refractivity contribution is 7.90. The number of hydrogen-bond donors (Lipinski definition) is 1. The average Bonchev–Trinajstić information content (AvgIpc) is 4.06. The molecule has 1 aromatic carbocycles. The summed E-state index contributed by atoms with van der Waals surface area (Å²) in [5.74, 6) is -4.67. The first kappa shape index (κ1) is 45.3. The molecule has 4 aliphatic rings. The van der Waals surface area contributed by atoms with Gasteiger partial charge in [0, 0.05) is 18.9 Å². The summed E-state index contributed by atoms with van der Waals surface area (Å²) >= 11 is 0. The van der Waals surface area contributed by atoms with Gasteiger partial charge in [-0.3, -0.25) is 23.9 Å². The Morgan fingerprint density at radius 3 is 2.40 bits per heavy atom. The molecule has 2 aliphatic carbocycles. The lowest BCUT2D eigenvalue weighted by Crippen LogP contribution is -2.48. The van der Waals surface area contributed by atoms with E-state index in [0.29, 0.717) is 37.9 Å². The van der Waals surface area contributed by atoms with Crippen LogP contribution in [-0.2, 0) is 40.1 Å². The van der Waals surface area contributed by atoms with E-state index in [0.717, 1.165) is 6.42 Å². The number of nitrogens with zero attached hydrogens (tertiary/aromatic N) is 3. The predicted molar refractivity (Wildman–Crippen MR) is 215 cm³/mol. The molecule has 2 aliphatic heterocycles. The van der Waals surface area contributed by atoms with E-state index in [4.69, 9.17) is 14.2 Å². The molecule has 1 aromatic heterocycles. The topological polar surface area (TPSA) is 171 Å². The minimum atomic E-state index is -4.99. The number of halogens is 3. The van der Waals surface area contributed by atoms with Crippen LogP contribution in [0, 0.1) is 29.1 Å². The molecule has 3 heterocycles. The number of esters is 1. The Kier molecular flexibility index (Phi) is 13.0. The van der Waals surface area contributed by atoms with Crippen LogP contribution in [0.25, 0.3) is 11.0 Å². The molecule has 60 heavy (non-hydrogen) atoms. The van der Waals surface area contributed by atoms with E-state index in [1.807, 2.05) is 26.0 Å². The third-order valence-corrected chi connectivity index (χ3v) is 13.6. The van der Waals surface area contributed by atoms with Gasteiger partial charge < -0.3 is 19.1 Å². The van der Waals surface area contributed by atoms with Gasteiger partial charge in [0.25, 0.3) is 0 Å². The van der Waals surface area contributed by atoms with Crippen molar-refractivity contribution in [3.63, 3.8) is 0 Å². The molecule has 1 N–H and O–H groups in total. The number of ketones is 1. The fraction of sp³-hybridized carbons (Fsp3) is 0.674. The van der Waals surface area contributed by atoms with Gasteiger partial charge in [0.15, 0.2) is 5.78 Å². The molecule has 0 spiro atoms. The molecular weight excluding hydrogens is 806 g/mol. The summed E-state index contributed by atoms with van der Waals surface area (Å²) in [6.07, 6.45) is -0.138. The van der Waals surface area contributed by atoms with Crippen LogP contribution in [-0.4, -0.2) is 82.5 Å². The number of fused-ring (bicyclic) bond motifs is 3. The molecule has 17 heteroatoms. The Bertz CT molecular complexity index is 2120. The Hall–Kier alpha value is -4.28. The number of sulfonamides is 1. The monoisotopic (exact) mass is 862 g/mol. The average molecular weight is 863 g/mol. The van der Waals surface area contributed by atoms with Gasteiger partial charge in [-0.2, -0.15) is 13.2 Å². The summed E-state index contributed by atoms with van der Waals surface area (Å²) in [6.45, 7) is 12.4. The van der Waals surface area contributed by atoms with Crippen molar-refractivity contribution in [3.8, 4) is 11.6 Å². The van der Waals surface area contributed by atoms with Gasteiger partial charge in [0.05, 0.1) is 52.7 Å². The van der Waals surface area contributed by atoms with Crippen molar-refractivity contribution >= 4 is 44.6 Å². The van der Waals surface area contributed by atoms with E-state index in [1.54, 1.807) is 34.6 Å². The number of alkyl halides is 3. The Morgan fingerprint density at radius 2 is 1.77 bits per heavy atom. The van der Waals surface area contributed by atoms with Crippen molar-refractivity contribution in [3.05, 3.63) is 36.0 Å².